The minimum absolute atomic E-state index is 0.295. The van der Waals surface area contributed by atoms with Crippen LogP contribution in [0.2, 0.25) is 0 Å². The highest BCUT2D eigenvalue weighted by molar-refractivity contribution is 6.02. The lowest BCUT2D eigenvalue weighted by Crippen LogP contribution is -2.10. The Morgan fingerprint density at radius 3 is 2.39 bits per heavy atom. The summed E-state index contributed by atoms with van der Waals surface area (Å²) in [6.45, 7) is 3.62. The molecule has 0 aliphatic carbocycles. The third kappa shape index (κ3) is 3.93. The molecule has 1 aromatic heterocycles. The third-order valence-electron chi connectivity index (χ3n) is 4.27. The number of halogens is 1. The van der Waals surface area contributed by atoms with Gasteiger partial charge >= 0.3 is 0 Å². The first-order valence-electron chi connectivity index (χ1n) is 8.76. The van der Waals surface area contributed by atoms with Crippen molar-refractivity contribution in [2.75, 3.05) is 24.8 Å². The van der Waals surface area contributed by atoms with Gasteiger partial charge in [-0.15, -0.1) is 0 Å². The Morgan fingerprint density at radius 1 is 1.11 bits per heavy atom. The van der Waals surface area contributed by atoms with Gasteiger partial charge in [0, 0.05) is 18.3 Å². The monoisotopic (exact) mass is 379 g/mol. The van der Waals surface area contributed by atoms with Gasteiger partial charge in [0.25, 0.3) is 0 Å². The average Bonchev–Trinajstić information content (AvgIpc) is 2.68. The minimum Gasteiger partial charge on any atom is -0.496 e. The number of nitrogens with zero attached hydrogens (tertiary/aromatic N) is 2. The molecule has 0 radical (unpaired) electrons. The van der Waals surface area contributed by atoms with Crippen LogP contribution in [0, 0.1) is 18.2 Å². The predicted octanol–water partition coefficient (Wildman–Crippen LogP) is 4.77. The number of anilines is 3. The van der Waals surface area contributed by atoms with E-state index in [1.54, 1.807) is 33.2 Å². The van der Waals surface area contributed by atoms with Gasteiger partial charge in [-0.1, -0.05) is 0 Å². The summed E-state index contributed by atoms with van der Waals surface area (Å²) in [5, 5.41) is 14.5. The number of aromatic nitrogens is 2. The van der Waals surface area contributed by atoms with Crippen LogP contribution in [0.4, 0.5) is 21.6 Å². The molecule has 0 bridgehead atoms. The lowest BCUT2D eigenvalue weighted by atomic mass is 10.1. The molecule has 7 heteroatoms. The van der Waals surface area contributed by atoms with Gasteiger partial charge < -0.3 is 20.8 Å². The summed E-state index contributed by atoms with van der Waals surface area (Å²) in [6, 6.07) is 11.7. The maximum absolute atomic E-state index is 13.3. The van der Waals surface area contributed by atoms with Crippen LogP contribution in [0.1, 0.15) is 18.2 Å². The molecular weight excluding hydrogens is 357 g/mol. The second kappa shape index (κ2) is 8.04. The largest absolute Gasteiger partial charge is 0.496 e. The van der Waals surface area contributed by atoms with Crippen LogP contribution in [0.3, 0.4) is 0 Å². The molecule has 0 saturated carbocycles. The Balaban J connectivity index is 2.11. The summed E-state index contributed by atoms with van der Waals surface area (Å²) in [4.78, 5) is 9.13. The van der Waals surface area contributed by atoms with Crippen LogP contribution in [0.25, 0.3) is 11.4 Å². The number of rotatable bonds is 6. The van der Waals surface area contributed by atoms with E-state index in [4.69, 9.17) is 10.1 Å². The number of benzene rings is 2. The Morgan fingerprint density at radius 2 is 1.82 bits per heavy atom. The summed E-state index contributed by atoms with van der Waals surface area (Å²) >= 11 is 0. The van der Waals surface area contributed by atoms with E-state index in [-0.39, 0.29) is 5.82 Å². The van der Waals surface area contributed by atoms with E-state index in [9.17, 15) is 4.39 Å². The van der Waals surface area contributed by atoms with Gasteiger partial charge in [0.2, 0.25) is 0 Å². The quantitative estimate of drug-likeness (QED) is 0.537. The van der Waals surface area contributed by atoms with Gasteiger partial charge in [-0.2, -0.15) is 0 Å². The standard InChI is InChI=1S/C21H22FN5O/c1-12-11-16(9-10-17(12)28-4)25-21-19(24-3)18(13(2)23)26-20(27-21)14-5-7-15(22)8-6-14/h5-11,23-24H,1-4H3,(H,25,26,27). The highest BCUT2D eigenvalue weighted by atomic mass is 19.1. The third-order valence-corrected chi connectivity index (χ3v) is 4.27. The van der Waals surface area contributed by atoms with Crippen molar-refractivity contribution in [3.05, 3.63) is 59.5 Å². The van der Waals surface area contributed by atoms with Crippen molar-refractivity contribution in [2.45, 2.75) is 13.8 Å². The van der Waals surface area contributed by atoms with E-state index in [2.05, 4.69) is 20.6 Å². The zero-order chi connectivity index (χ0) is 20.3. The highest BCUT2D eigenvalue weighted by Crippen LogP contribution is 2.31. The Kier molecular flexibility index (Phi) is 5.54. The number of hydrogen-bond donors (Lipinski definition) is 3. The minimum atomic E-state index is -0.328. The summed E-state index contributed by atoms with van der Waals surface area (Å²) in [5.41, 5.74) is 3.86. The molecule has 3 aromatic rings. The first kappa shape index (κ1) is 19.3. The molecule has 0 aliphatic heterocycles. The molecule has 0 saturated heterocycles. The number of methoxy groups -OCH3 is 1. The molecule has 3 N–H and O–H groups in total. The van der Waals surface area contributed by atoms with E-state index in [0.717, 1.165) is 17.0 Å². The van der Waals surface area contributed by atoms with Crippen LogP contribution in [-0.4, -0.2) is 29.8 Å². The molecule has 6 nitrogen and oxygen atoms in total. The molecule has 0 fully saturated rings. The van der Waals surface area contributed by atoms with Crippen molar-refractivity contribution in [1.82, 2.24) is 9.97 Å². The highest BCUT2D eigenvalue weighted by Gasteiger charge is 2.17. The lowest BCUT2D eigenvalue weighted by Gasteiger charge is -2.16. The van der Waals surface area contributed by atoms with Crippen molar-refractivity contribution < 1.29 is 9.13 Å². The van der Waals surface area contributed by atoms with Gasteiger partial charge in [0.15, 0.2) is 11.6 Å². The fourth-order valence-electron chi connectivity index (χ4n) is 2.88. The van der Waals surface area contributed by atoms with Crippen molar-refractivity contribution in [3.8, 4) is 17.1 Å². The molecule has 0 aliphatic rings. The summed E-state index contributed by atoms with van der Waals surface area (Å²) in [6.07, 6.45) is 0. The van der Waals surface area contributed by atoms with Crippen molar-refractivity contribution in [2.24, 2.45) is 0 Å². The SMILES string of the molecule is CNc1c(Nc2ccc(OC)c(C)c2)nc(-c2ccc(F)cc2)nc1C(C)=N. The van der Waals surface area contributed by atoms with Gasteiger partial charge in [-0.05, 0) is 61.9 Å². The van der Waals surface area contributed by atoms with Crippen LogP contribution in [0.5, 0.6) is 5.75 Å². The second-order valence-corrected chi connectivity index (χ2v) is 6.31. The molecule has 0 unspecified atom stereocenters. The molecule has 28 heavy (non-hydrogen) atoms. The molecule has 2 aromatic carbocycles. The zero-order valence-corrected chi connectivity index (χ0v) is 16.2. The molecular formula is C21H22FN5O. The van der Waals surface area contributed by atoms with Crippen molar-refractivity contribution in [1.29, 1.82) is 5.41 Å². The Bertz CT molecular complexity index is 1020. The average molecular weight is 379 g/mol. The maximum Gasteiger partial charge on any atom is 0.162 e. The normalized spacial score (nSPS) is 10.5. The number of nitrogens with one attached hydrogen (secondary N) is 3. The number of aryl methyl sites for hydroxylation is 1. The first-order valence-corrected chi connectivity index (χ1v) is 8.76. The molecule has 1 heterocycles. The topological polar surface area (TPSA) is 82.9 Å². The van der Waals surface area contributed by atoms with Crippen LogP contribution >= 0.6 is 0 Å². The molecule has 0 atom stereocenters. The summed E-state index contributed by atoms with van der Waals surface area (Å²) < 4.78 is 18.6. The first-order chi connectivity index (χ1) is 13.4. The van der Waals surface area contributed by atoms with Gasteiger partial charge in [0.05, 0.1) is 12.8 Å². The second-order valence-electron chi connectivity index (χ2n) is 6.31. The lowest BCUT2D eigenvalue weighted by molar-refractivity contribution is 0.412. The van der Waals surface area contributed by atoms with E-state index in [1.807, 2.05) is 25.1 Å². The smallest absolute Gasteiger partial charge is 0.162 e. The van der Waals surface area contributed by atoms with Crippen LogP contribution in [0.15, 0.2) is 42.5 Å². The van der Waals surface area contributed by atoms with E-state index < -0.39 is 0 Å². The summed E-state index contributed by atoms with van der Waals surface area (Å²) in [5.74, 6) is 1.41. The van der Waals surface area contributed by atoms with Crippen LogP contribution < -0.4 is 15.4 Å². The van der Waals surface area contributed by atoms with E-state index >= 15 is 0 Å². The molecule has 144 valence electrons. The van der Waals surface area contributed by atoms with Gasteiger partial charge in [0.1, 0.15) is 22.9 Å². The fraction of sp³-hybridized carbons (Fsp3) is 0.190. The maximum atomic E-state index is 13.3. The van der Waals surface area contributed by atoms with E-state index in [0.29, 0.717) is 34.3 Å². The van der Waals surface area contributed by atoms with Crippen molar-refractivity contribution in [3.63, 3.8) is 0 Å². The van der Waals surface area contributed by atoms with Crippen LogP contribution in [-0.2, 0) is 0 Å². The predicted molar refractivity (Wildman–Crippen MR) is 110 cm³/mol. The Labute approximate surface area is 163 Å². The summed E-state index contributed by atoms with van der Waals surface area (Å²) in [7, 11) is 3.39. The number of ether oxygens (including phenoxy) is 1. The molecule has 3 rings (SSSR count). The van der Waals surface area contributed by atoms with Gasteiger partial charge in [-0.3, -0.25) is 0 Å². The number of hydrogen-bond acceptors (Lipinski definition) is 6. The Hall–Kier alpha value is -3.48. The fourth-order valence-corrected chi connectivity index (χ4v) is 2.88. The zero-order valence-electron chi connectivity index (χ0n) is 16.2. The molecule has 0 spiro atoms. The molecule has 0 amide bonds. The van der Waals surface area contributed by atoms with Crippen molar-refractivity contribution >= 4 is 22.9 Å². The van der Waals surface area contributed by atoms with E-state index in [1.165, 1.54) is 12.1 Å². The van der Waals surface area contributed by atoms with Gasteiger partial charge in [-0.25, -0.2) is 14.4 Å².